The number of nitrogens with one attached hydrogen (secondary N) is 1. The molecule has 1 amide bonds. The summed E-state index contributed by atoms with van der Waals surface area (Å²) in [6.45, 7) is 5.78. The minimum atomic E-state index is 0.0568. The number of nitrogens with zero attached hydrogens (tertiary/aromatic N) is 2. The minimum absolute atomic E-state index is 0.0568. The number of fused-ring (bicyclic) bond motifs is 1. The van der Waals surface area contributed by atoms with E-state index >= 15 is 0 Å². The van der Waals surface area contributed by atoms with Crippen molar-refractivity contribution in [3.05, 3.63) is 65.4 Å². The number of pyridine rings is 1. The Balaban J connectivity index is 1.82. The van der Waals surface area contributed by atoms with Gasteiger partial charge in [-0.25, -0.2) is 0 Å². The zero-order valence-corrected chi connectivity index (χ0v) is 16.5. The van der Waals surface area contributed by atoms with Gasteiger partial charge in [-0.1, -0.05) is 30.3 Å². The van der Waals surface area contributed by atoms with Gasteiger partial charge < -0.3 is 10.2 Å². The van der Waals surface area contributed by atoms with Gasteiger partial charge in [0.05, 0.1) is 16.8 Å². The van der Waals surface area contributed by atoms with Crippen molar-refractivity contribution >= 4 is 39.9 Å². The highest BCUT2D eigenvalue weighted by Gasteiger charge is 2.23. The summed E-state index contributed by atoms with van der Waals surface area (Å²) in [7, 11) is 0. The molecule has 2 aromatic carbocycles. The molecule has 1 saturated heterocycles. The second-order valence-electron chi connectivity index (χ2n) is 6.84. The molecule has 1 fully saturated rings. The van der Waals surface area contributed by atoms with E-state index in [1.807, 2.05) is 47.0 Å². The topological polar surface area (TPSA) is 45.2 Å². The van der Waals surface area contributed by atoms with Crippen molar-refractivity contribution < 1.29 is 4.79 Å². The highest BCUT2D eigenvalue weighted by atomic mass is 32.2. The van der Waals surface area contributed by atoms with E-state index in [0.717, 1.165) is 46.9 Å². The van der Waals surface area contributed by atoms with Crippen LogP contribution in [0.15, 0.2) is 48.7 Å². The van der Waals surface area contributed by atoms with Gasteiger partial charge in [-0.05, 0) is 37.1 Å². The molecular weight excluding hydrogens is 354 g/mol. The van der Waals surface area contributed by atoms with Crippen LogP contribution >= 0.6 is 11.8 Å². The lowest BCUT2D eigenvalue weighted by Crippen LogP contribution is -2.38. The van der Waals surface area contributed by atoms with E-state index in [4.69, 9.17) is 0 Å². The van der Waals surface area contributed by atoms with Crippen LogP contribution < -0.4 is 5.32 Å². The maximum Gasteiger partial charge on any atom is 0.257 e. The first-order valence-corrected chi connectivity index (χ1v) is 10.4. The highest BCUT2D eigenvalue weighted by Crippen LogP contribution is 2.32. The van der Waals surface area contributed by atoms with Crippen molar-refractivity contribution in [3.63, 3.8) is 0 Å². The highest BCUT2D eigenvalue weighted by molar-refractivity contribution is 7.99. The molecular formula is C22H23N3OS. The van der Waals surface area contributed by atoms with E-state index < -0.39 is 0 Å². The van der Waals surface area contributed by atoms with Crippen molar-refractivity contribution in [1.29, 1.82) is 0 Å². The molecule has 1 aromatic heterocycles. The smallest absolute Gasteiger partial charge is 0.257 e. The second-order valence-corrected chi connectivity index (χ2v) is 8.07. The third-order valence-electron chi connectivity index (χ3n) is 5.17. The van der Waals surface area contributed by atoms with Gasteiger partial charge in [-0.2, -0.15) is 11.8 Å². The molecule has 1 aliphatic rings. The average molecular weight is 378 g/mol. The van der Waals surface area contributed by atoms with E-state index in [1.54, 1.807) is 6.20 Å². The van der Waals surface area contributed by atoms with Crippen LogP contribution in [0.1, 0.15) is 21.5 Å². The number of anilines is 2. The van der Waals surface area contributed by atoms with Crippen molar-refractivity contribution in [3.8, 4) is 0 Å². The molecule has 0 bridgehead atoms. The largest absolute Gasteiger partial charge is 0.354 e. The maximum atomic E-state index is 13.2. The number of hydrogen-bond acceptors (Lipinski definition) is 4. The Morgan fingerprint density at radius 1 is 1.07 bits per heavy atom. The molecule has 1 N–H and O–H groups in total. The Bertz CT molecular complexity index is 996. The van der Waals surface area contributed by atoms with Gasteiger partial charge >= 0.3 is 0 Å². The Hall–Kier alpha value is -2.53. The molecule has 0 atom stereocenters. The second kappa shape index (κ2) is 7.61. The number of carbonyl (C=O) groups is 1. The van der Waals surface area contributed by atoms with Gasteiger partial charge in [-0.15, -0.1) is 0 Å². The van der Waals surface area contributed by atoms with Gasteiger partial charge in [0, 0.05) is 41.9 Å². The Labute approximate surface area is 164 Å². The van der Waals surface area contributed by atoms with Crippen LogP contribution in [0, 0.1) is 13.8 Å². The number of rotatable bonds is 3. The fourth-order valence-electron chi connectivity index (χ4n) is 3.40. The Kier molecular flexibility index (Phi) is 5.03. The molecule has 27 heavy (non-hydrogen) atoms. The summed E-state index contributed by atoms with van der Waals surface area (Å²) in [5, 5.41) is 4.52. The molecule has 2 heterocycles. The molecule has 0 radical (unpaired) electrons. The predicted molar refractivity (Wildman–Crippen MR) is 114 cm³/mol. The lowest BCUT2D eigenvalue weighted by atomic mass is 10.0. The number of aromatic nitrogens is 1. The summed E-state index contributed by atoms with van der Waals surface area (Å²) in [4.78, 5) is 19.7. The number of aryl methyl sites for hydroxylation is 1. The van der Waals surface area contributed by atoms with Gasteiger partial charge in [0.25, 0.3) is 5.91 Å². The van der Waals surface area contributed by atoms with Crippen LogP contribution in [0.5, 0.6) is 0 Å². The SMILES string of the molecule is Cc1cccc(Nc2c(C(=O)N3CCSCC3)cnc3ccccc23)c1C. The van der Waals surface area contributed by atoms with Crippen LogP contribution in [-0.4, -0.2) is 40.4 Å². The summed E-state index contributed by atoms with van der Waals surface area (Å²) < 4.78 is 0. The zero-order chi connectivity index (χ0) is 18.8. The van der Waals surface area contributed by atoms with E-state index in [-0.39, 0.29) is 5.91 Å². The van der Waals surface area contributed by atoms with Crippen LogP contribution in [0.3, 0.4) is 0 Å². The zero-order valence-electron chi connectivity index (χ0n) is 15.7. The number of amides is 1. The van der Waals surface area contributed by atoms with Crippen molar-refractivity contribution in [2.45, 2.75) is 13.8 Å². The maximum absolute atomic E-state index is 13.2. The summed E-state index contributed by atoms with van der Waals surface area (Å²) in [6, 6.07) is 14.2. The molecule has 0 unspecified atom stereocenters. The molecule has 3 aromatic rings. The fourth-order valence-corrected chi connectivity index (χ4v) is 4.30. The quantitative estimate of drug-likeness (QED) is 0.713. The number of hydrogen-bond donors (Lipinski definition) is 1. The molecule has 0 spiro atoms. The van der Waals surface area contributed by atoms with E-state index in [0.29, 0.717) is 5.56 Å². The van der Waals surface area contributed by atoms with Crippen molar-refractivity contribution in [2.75, 3.05) is 29.9 Å². The normalized spacial score (nSPS) is 14.4. The predicted octanol–water partition coefficient (Wildman–Crippen LogP) is 4.78. The molecule has 0 saturated carbocycles. The molecule has 0 aliphatic carbocycles. The Morgan fingerprint density at radius 2 is 1.85 bits per heavy atom. The van der Waals surface area contributed by atoms with Crippen molar-refractivity contribution in [2.24, 2.45) is 0 Å². The number of thioether (sulfide) groups is 1. The summed E-state index contributed by atoms with van der Waals surface area (Å²) in [6.07, 6.45) is 1.72. The molecule has 5 heteroatoms. The van der Waals surface area contributed by atoms with Gasteiger partial charge in [-0.3, -0.25) is 9.78 Å². The van der Waals surface area contributed by atoms with Gasteiger partial charge in [0.15, 0.2) is 0 Å². The third kappa shape index (κ3) is 3.52. The Morgan fingerprint density at radius 3 is 2.67 bits per heavy atom. The summed E-state index contributed by atoms with van der Waals surface area (Å²) in [5.74, 6) is 2.04. The van der Waals surface area contributed by atoms with Gasteiger partial charge in [0.2, 0.25) is 0 Å². The molecule has 4 nitrogen and oxygen atoms in total. The first kappa shape index (κ1) is 17.9. The number of benzene rings is 2. The van der Waals surface area contributed by atoms with Crippen molar-refractivity contribution in [1.82, 2.24) is 9.88 Å². The summed E-state index contributed by atoms with van der Waals surface area (Å²) >= 11 is 1.90. The average Bonchev–Trinajstić information content (AvgIpc) is 2.71. The van der Waals surface area contributed by atoms with Gasteiger partial charge in [0.1, 0.15) is 0 Å². The minimum Gasteiger partial charge on any atom is -0.354 e. The number of para-hydroxylation sites is 1. The number of carbonyl (C=O) groups excluding carboxylic acids is 1. The lowest BCUT2D eigenvalue weighted by molar-refractivity contribution is 0.0773. The molecule has 138 valence electrons. The lowest BCUT2D eigenvalue weighted by Gasteiger charge is -2.27. The van der Waals surface area contributed by atoms with Crippen LogP contribution in [0.2, 0.25) is 0 Å². The fraction of sp³-hybridized carbons (Fsp3) is 0.273. The third-order valence-corrected chi connectivity index (χ3v) is 6.11. The van der Waals surface area contributed by atoms with E-state index in [2.05, 4.69) is 36.3 Å². The van der Waals surface area contributed by atoms with E-state index in [1.165, 1.54) is 11.1 Å². The van der Waals surface area contributed by atoms with Crippen LogP contribution in [0.25, 0.3) is 10.9 Å². The first-order chi connectivity index (χ1) is 13.1. The molecule has 1 aliphatic heterocycles. The standard InChI is InChI=1S/C22H23N3OS/c1-15-6-5-9-19(16(15)2)24-21-17-7-3-4-8-20(17)23-14-18(21)22(26)25-10-12-27-13-11-25/h3-9,14H,10-13H2,1-2H3,(H,23,24). The van der Waals surface area contributed by atoms with E-state index in [9.17, 15) is 4.79 Å². The summed E-state index contributed by atoms with van der Waals surface area (Å²) in [5.41, 5.74) is 5.80. The first-order valence-electron chi connectivity index (χ1n) is 9.23. The molecule has 4 rings (SSSR count). The monoisotopic (exact) mass is 377 g/mol. The van der Waals surface area contributed by atoms with Crippen LogP contribution in [-0.2, 0) is 0 Å². The van der Waals surface area contributed by atoms with Crippen LogP contribution in [0.4, 0.5) is 11.4 Å².